The van der Waals surface area contributed by atoms with Gasteiger partial charge in [-0.15, -0.1) is 0 Å². The molecule has 0 saturated carbocycles. The van der Waals surface area contributed by atoms with Crippen LogP contribution in [0.4, 0.5) is 5.69 Å². The summed E-state index contributed by atoms with van der Waals surface area (Å²) < 4.78 is 2.17. The average molecular weight is 375 g/mol. The van der Waals surface area contributed by atoms with E-state index in [9.17, 15) is 4.79 Å². The summed E-state index contributed by atoms with van der Waals surface area (Å²) in [6.45, 7) is 7.88. The second-order valence-electron chi connectivity index (χ2n) is 7.18. The van der Waals surface area contributed by atoms with Crippen LogP contribution in [0.3, 0.4) is 0 Å². The van der Waals surface area contributed by atoms with Crippen LogP contribution >= 0.6 is 0 Å². The summed E-state index contributed by atoms with van der Waals surface area (Å²) in [6, 6.07) is 12.0. The Morgan fingerprint density at radius 1 is 1.00 bits per heavy atom. The minimum absolute atomic E-state index is 0.120. The fourth-order valence-electron chi connectivity index (χ4n) is 3.81. The van der Waals surface area contributed by atoms with Crippen LogP contribution < -0.4 is 4.90 Å². The number of amides is 1. The van der Waals surface area contributed by atoms with Gasteiger partial charge in [-0.2, -0.15) is 0 Å². The highest BCUT2D eigenvalue weighted by atomic mass is 16.2. The Bertz CT molecular complexity index is 944. The van der Waals surface area contributed by atoms with E-state index < -0.39 is 0 Å². The van der Waals surface area contributed by atoms with Crippen molar-refractivity contribution in [2.75, 3.05) is 31.1 Å². The molecule has 3 aromatic rings. The van der Waals surface area contributed by atoms with Crippen LogP contribution in [0, 0.1) is 13.8 Å². The zero-order chi connectivity index (χ0) is 19.5. The van der Waals surface area contributed by atoms with Gasteiger partial charge in [-0.1, -0.05) is 6.07 Å². The number of nitrogens with zero attached hydrogens (tertiary/aromatic N) is 5. The summed E-state index contributed by atoms with van der Waals surface area (Å²) >= 11 is 0. The molecule has 144 valence electrons. The van der Waals surface area contributed by atoms with Crippen molar-refractivity contribution in [3.63, 3.8) is 0 Å². The van der Waals surface area contributed by atoms with E-state index in [4.69, 9.17) is 0 Å². The molecular weight excluding hydrogens is 350 g/mol. The zero-order valence-electron chi connectivity index (χ0n) is 16.4. The Balaban J connectivity index is 1.46. The molecule has 1 aliphatic heterocycles. The molecule has 6 nitrogen and oxygen atoms in total. The molecule has 0 unspecified atom stereocenters. The fourth-order valence-corrected chi connectivity index (χ4v) is 3.81. The van der Waals surface area contributed by atoms with E-state index in [1.165, 1.54) is 0 Å². The fraction of sp³-hybridized carbons (Fsp3) is 0.318. The highest BCUT2D eigenvalue weighted by Gasteiger charge is 2.25. The first-order valence-electron chi connectivity index (χ1n) is 9.64. The minimum Gasteiger partial charge on any atom is -0.368 e. The van der Waals surface area contributed by atoms with Crippen LogP contribution in [0.2, 0.25) is 0 Å². The Kier molecular flexibility index (Phi) is 5.10. The number of anilines is 1. The Morgan fingerprint density at radius 2 is 1.75 bits per heavy atom. The molecule has 28 heavy (non-hydrogen) atoms. The molecule has 4 rings (SSSR count). The van der Waals surface area contributed by atoms with Gasteiger partial charge in [-0.05, 0) is 44.2 Å². The summed E-state index contributed by atoms with van der Waals surface area (Å²) in [5.41, 5.74) is 5.04. The number of carbonyl (C=O) groups excluding carboxylic acids is 1. The van der Waals surface area contributed by atoms with Crippen LogP contribution in [0.25, 0.3) is 0 Å². The van der Waals surface area contributed by atoms with Gasteiger partial charge in [-0.25, -0.2) is 0 Å². The van der Waals surface area contributed by atoms with Gasteiger partial charge in [-0.3, -0.25) is 14.8 Å². The number of pyridine rings is 2. The van der Waals surface area contributed by atoms with Gasteiger partial charge in [0.25, 0.3) is 5.91 Å². The molecule has 0 aromatic carbocycles. The molecule has 0 aliphatic carbocycles. The minimum atomic E-state index is 0.120. The molecule has 0 atom stereocenters. The number of aromatic nitrogens is 3. The van der Waals surface area contributed by atoms with Gasteiger partial charge < -0.3 is 14.4 Å². The number of rotatable bonds is 4. The second kappa shape index (κ2) is 7.84. The summed E-state index contributed by atoms with van der Waals surface area (Å²) in [5, 5.41) is 0. The monoisotopic (exact) mass is 375 g/mol. The third-order valence-corrected chi connectivity index (χ3v) is 5.45. The molecule has 4 heterocycles. The number of hydrogen-bond donors (Lipinski definition) is 0. The normalized spacial score (nSPS) is 14.4. The summed E-state index contributed by atoms with van der Waals surface area (Å²) in [6.07, 6.45) is 5.42. The summed E-state index contributed by atoms with van der Waals surface area (Å²) in [4.78, 5) is 25.9. The molecule has 0 N–H and O–H groups in total. The topological polar surface area (TPSA) is 54.3 Å². The summed E-state index contributed by atoms with van der Waals surface area (Å²) in [5.74, 6) is 0.120. The molecule has 0 spiro atoms. The first kappa shape index (κ1) is 18.2. The SMILES string of the molecule is Cc1cc(C(=O)N2CCN(c3ccncc3)CC2)c(C)n1Cc1ccccn1. The van der Waals surface area contributed by atoms with E-state index in [2.05, 4.69) is 19.4 Å². The van der Waals surface area contributed by atoms with Crippen LogP contribution in [0.1, 0.15) is 27.4 Å². The predicted octanol–water partition coefficient (Wildman–Crippen LogP) is 2.91. The lowest BCUT2D eigenvalue weighted by atomic mass is 10.2. The van der Waals surface area contributed by atoms with Gasteiger partial charge in [0.2, 0.25) is 0 Å². The van der Waals surface area contributed by atoms with Crippen molar-refractivity contribution < 1.29 is 4.79 Å². The van der Waals surface area contributed by atoms with Crippen molar-refractivity contribution in [3.05, 3.63) is 77.6 Å². The molecule has 1 saturated heterocycles. The number of carbonyl (C=O) groups is 1. The van der Waals surface area contributed by atoms with Gasteiger partial charge in [0.05, 0.1) is 17.8 Å². The van der Waals surface area contributed by atoms with Crippen molar-refractivity contribution in [2.24, 2.45) is 0 Å². The van der Waals surface area contributed by atoms with Crippen LogP contribution in [0.5, 0.6) is 0 Å². The first-order chi connectivity index (χ1) is 13.6. The smallest absolute Gasteiger partial charge is 0.255 e. The lowest BCUT2D eigenvalue weighted by Gasteiger charge is -2.36. The molecule has 1 fully saturated rings. The lowest BCUT2D eigenvalue weighted by Crippen LogP contribution is -2.48. The molecule has 1 amide bonds. The van der Waals surface area contributed by atoms with E-state index in [1.807, 2.05) is 67.5 Å². The van der Waals surface area contributed by atoms with Crippen molar-refractivity contribution in [1.82, 2.24) is 19.4 Å². The molecule has 3 aromatic heterocycles. The summed E-state index contributed by atoms with van der Waals surface area (Å²) in [7, 11) is 0. The van der Waals surface area contributed by atoms with Crippen molar-refractivity contribution in [3.8, 4) is 0 Å². The first-order valence-corrected chi connectivity index (χ1v) is 9.64. The number of hydrogen-bond acceptors (Lipinski definition) is 4. The highest BCUT2D eigenvalue weighted by molar-refractivity contribution is 5.96. The third kappa shape index (κ3) is 3.63. The van der Waals surface area contributed by atoms with Gasteiger partial charge >= 0.3 is 0 Å². The van der Waals surface area contributed by atoms with Crippen LogP contribution in [-0.2, 0) is 6.54 Å². The van der Waals surface area contributed by atoms with Crippen molar-refractivity contribution >= 4 is 11.6 Å². The van der Waals surface area contributed by atoms with Crippen LogP contribution in [0.15, 0.2) is 55.0 Å². The maximum Gasteiger partial charge on any atom is 0.255 e. The molecule has 0 radical (unpaired) electrons. The van der Waals surface area contributed by atoms with Crippen molar-refractivity contribution in [1.29, 1.82) is 0 Å². The molecule has 0 bridgehead atoms. The Labute approximate surface area is 165 Å². The molecular formula is C22H25N5O. The second-order valence-corrected chi connectivity index (χ2v) is 7.18. The van der Waals surface area contributed by atoms with Crippen molar-refractivity contribution in [2.45, 2.75) is 20.4 Å². The Morgan fingerprint density at radius 3 is 2.43 bits per heavy atom. The Hall–Kier alpha value is -3.15. The lowest BCUT2D eigenvalue weighted by molar-refractivity contribution is 0.0746. The largest absolute Gasteiger partial charge is 0.368 e. The van der Waals surface area contributed by atoms with Gasteiger partial charge in [0, 0.05) is 61.8 Å². The molecule has 6 heteroatoms. The standard InChI is InChI=1S/C22H25N5O/c1-17-15-21(18(2)27(17)16-19-5-3-4-8-24-19)22(28)26-13-11-25(12-14-26)20-6-9-23-10-7-20/h3-10,15H,11-14,16H2,1-2H3. The van der Waals surface area contributed by atoms with E-state index >= 15 is 0 Å². The van der Waals surface area contributed by atoms with E-state index in [-0.39, 0.29) is 5.91 Å². The van der Waals surface area contributed by atoms with E-state index in [0.29, 0.717) is 6.54 Å². The maximum atomic E-state index is 13.2. The quantitative estimate of drug-likeness (QED) is 0.704. The van der Waals surface area contributed by atoms with E-state index in [1.54, 1.807) is 6.20 Å². The average Bonchev–Trinajstić information content (AvgIpc) is 3.03. The maximum absolute atomic E-state index is 13.2. The molecule has 1 aliphatic rings. The number of piperazine rings is 1. The number of aryl methyl sites for hydroxylation is 1. The van der Waals surface area contributed by atoms with Gasteiger partial charge in [0.1, 0.15) is 0 Å². The highest BCUT2D eigenvalue weighted by Crippen LogP contribution is 2.21. The van der Waals surface area contributed by atoms with Crippen LogP contribution in [-0.4, -0.2) is 51.5 Å². The third-order valence-electron chi connectivity index (χ3n) is 5.45. The zero-order valence-corrected chi connectivity index (χ0v) is 16.4. The van der Waals surface area contributed by atoms with E-state index in [0.717, 1.165) is 54.5 Å². The van der Waals surface area contributed by atoms with Gasteiger partial charge in [0.15, 0.2) is 0 Å². The predicted molar refractivity (Wildman–Crippen MR) is 110 cm³/mol.